The summed E-state index contributed by atoms with van der Waals surface area (Å²) in [5.41, 5.74) is 2.51. The molecule has 0 unspecified atom stereocenters. The SMILES string of the molecule is COC(=O)CC=Cc1cc(C)ccc1C#N. The number of ether oxygens (including phenoxy) is 1. The third-order valence-electron chi connectivity index (χ3n) is 2.14. The molecule has 0 aliphatic carbocycles. The van der Waals surface area contributed by atoms with Crippen molar-refractivity contribution in [3.8, 4) is 6.07 Å². The lowest BCUT2D eigenvalue weighted by molar-refractivity contribution is -0.139. The molecular formula is C13H13NO2. The van der Waals surface area contributed by atoms with E-state index in [1.807, 2.05) is 19.1 Å². The van der Waals surface area contributed by atoms with Gasteiger partial charge in [0, 0.05) is 0 Å². The van der Waals surface area contributed by atoms with E-state index in [9.17, 15) is 4.79 Å². The normalized spacial score (nSPS) is 10.1. The van der Waals surface area contributed by atoms with Crippen LogP contribution in [-0.2, 0) is 9.53 Å². The van der Waals surface area contributed by atoms with Crippen molar-refractivity contribution in [2.45, 2.75) is 13.3 Å². The molecule has 1 aromatic rings. The number of hydrogen-bond donors (Lipinski definition) is 0. The molecule has 0 amide bonds. The number of carbonyl (C=O) groups is 1. The second-order valence-electron chi connectivity index (χ2n) is 3.39. The zero-order valence-electron chi connectivity index (χ0n) is 9.36. The van der Waals surface area contributed by atoms with Crippen molar-refractivity contribution in [3.05, 3.63) is 41.0 Å². The van der Waals surface area contributed by atoms with Crippen LogP contribution in [0.2, 0.25) is 0 Å². The predicted octanol–water partition coefficient (Wildman–Crippen LogP) is 2.44. The van der Waals surface area contributed by atoms with Gasteiger partial charge in [0.2, 0.25) is 0 Å². The quantitative estimate of drug-likeness (QED) is 0.727. The molecule has 1 rings (SSSR count). The Bertz CT molecular complexity index is 455. The fraction of sp³-hybridized carbons (Fsp3) is 0.231. The van der Waals surface area contributed by atoms with Gasteiger partial charge >= 0.3 is 5.97 Å². The van der Waals surface area contributed by atoms with E-state index in [4.69, 9.17) is 5.26 Å². The second kappa shape index (κ2) is 5.72. The number of nitrogens with zero attached hydrogens (tertiary/aromatic N) is 1. The van der Waals surface area contributed by atoms with E-state index in [1.165, 1.54) is 7.11 Å². The molecule has 0 heterocycles. The van der Waals surface area contributed by atoms with Gasteiger partial charge < -0.3 is 4.74 Å². The number of carbonyl (C=O) groups excluding carboxylic acids is 1. The molecule has 0 aliphatic heterocycles. The summed E-state index contributed by atoms with van der Waals surface area (Å²) in [5, 5.41) is 8.89. The summed E-state index contributed by atoms with van der Waals surface area (Å²) < 4.78 is 4.51. The van der Waals surface area contributed by atoms with Gasteiger partial charge in [-0.15, -0.1) is 0 Å². The minimum Gasteiger partial charge on any atom is -0.469 e. The molecule has 0 saturated carbocycles. The van der Waals surface area contributed by atoms with E-state index < -0.39 is 0 Å². The van der Waals surface area contributed by atoms with Gasteiger partial charge in [-0.05, 0) is 18.6 Å². The van der Waals surface area contributed by atoms with Crippen molar-refractivity contribution in [1.29, 1.82) is 5.26 Å². The highest BCUT2D eigenvalue weighted by Crippen LogP contribution is 2.12. The van der Waals surface area contributed by atoms with Crippen molar-refractivity contribution in [1.82, 2.24) is 0 Å². The van der Waals surface area contributed by atoms with Crippen molar-refractivity contribution in [3.63, 3.8) is 0 Å². The Morgan fingerprint density at radius 3 is 2.94 bits per heavy atom. The summed E-state index contributed by atoms with van der Waals surface area (Å²) in [6, 6.07) is 7.67. The minimum atomic E-state index is -0.289. The van der Waals surface area contributed by atoms with Gasteiger partial charge in [-0.2, -0.15) is 5.26 Å². The maximum absolute atomic E-state index is 10.9. The van der Waals surface area contributed by atoms with E-state index >= 15 is 0 Å². The first kappa shape index (κ1) is 12.0. The maximum atomic E-state index is 10.9. The Morgan fingerprint density at radius 2 is 2.31 bits per heavy atom. The fourth-order valence-corrected chi connectivity index (χ4v) is 1.29. The molecule has 0 spiro atoms. The summed E-state index contributed by atoms with van der Waals surface area (Å²) in [4.78, 5) is 10.9. The second-order valence-corrected chi connectivity index (χ2v) is 3.39. The first-order valence-corrected chi connectivity index (χ1v) is 4.91. The van der Waals surface area contributed by atoms with Crippen LogP contribution in [0.25, 0.3) is 6.08 Å². The van der Waals surface area contributed by atoms with Crippen LogP contribution >= 0.6 is 0 Å². The van der Waals surface area contributed by atoms with E-state index in [2.05, 4.69) is 10.8 Å². The Hall–Kier alpha value is -2.08. The monoisotopic (exact) mass is 215 g/mol. The van der Waals surface area contributed by atoms with Crippen molar-refractivity contribution in [2.24, 2.45) is 0 Å². The van der Waals surface area contributed by atoms with Crippen molar-refractivity contribution < 1.29 is 9.53 Å². The van der Waals surface area contributed by atoms with Crippen LogP contribution in [0.4, 0.5) is 0 Å². The molecule has 0 aliphatic rings. The number of benzene rings is 1. The highest BCUT2D eigenvalue weighted by molar-refractivity contribution is 5.73. The highest BCUT2D eigenvalue weighted by atomic mass is 16.5. The number of nitriles is 1. The zero-order chi connectivity index (χ0) is 12.0. The summed E-state index contributed by atoms with van der Waals surface area (Å²) >= 11 is 0. The van der Waals surface area contributed by atoms with Gasteiger partial charge in [-0.25, -0.2) is 0 Å². The highest BCUT2D eigenvalue weighted by Gasteiger charge is 1.99. The van der Waals surface area contributed by atoms with Gasteiger partial charge in [-0.1, -0.05) is 29.8 Å². The number of hydrogen-bond acceptors (Lipinski definition) is 3. The summed E-state index contributed by atoms with van der Waals surface area (Å²) in [5.74, 6) is -0.289. The van der Waals surface area contributed by atoms with E-state index in [1.54, 1.807) is 18.2 Å². The van der Waals surface area contributed by atoms with Crippen LogP contribution < -0.4 is 0 Å². The average molecular weight is 215 g/mol. The lowest BCUT2D eigenvalue weighted by Gasteiger charge is -1.99. The van der Waals surface area contributed by atoms with Crippen LogP contribution in [0.5, 0.6) is 0 Å². The first-order valence-electron chi connectivity index (χ1n) is 4.91. The zero-order valence-corrected chi connectivity index (χ0v) is 9.36. The van der Waals surface area contributed by atoms with Crippen LogP contribution in [-0.4, -0.2) is 13.1 Å². The van der Waals surface area contributed by atoms with Gasteiger partial charge in [-0.3, -0.25) is 4.79 Å². The molecule has 1 aromatic carbocycles. The Kier molecular flexibility index (Phi) is 4.28. The van der Waals surface area contributed by atoms with E-state index in [-0.39, 0.29) is 12.4 Å². The molecule has 0 fully saturated rings. The molecule has 3 heteroatoms. The molecule has 16 heavy (non-hydrogen) atoms. The fourth-order valence-electron chi connectivity index (χ4n) is 1.29. The van der Waals surface area contributed by atoms with Crippen LogP contribution in [0.3, 0.4) is 0 Å². The number of rotatable bonds is 3. The number of aryl methyl sites for hydroxylation is 1. The summed E-state index contributed by atoms with van der Waals surface area (Å²) in [6.45, 7) is 1.96. The predicted molar refractivity (Wildman–Crippen MR) is 61.6 cm³/mol. The minimum absolute atomic E-state index is 0.218. The van der Waals surface area contributed by atoms with Gasteiger partial charge in [0.05, 0.1) is 25.2 Å². The molecule has 3 nitrogen and oxygen atoms in total. The molecule has 0 bridgehead atoms. The van der Waals surface area contributed by atoms with Crippen LogP contribution in [0, 0.1) is 18.3 Å². The molecule has 0 radical (unpaired) electrons. The standard InChI is InChI=1S/C13H13NO2/c1-10-6-7-12(9-14)11(8-10)4-3-5-13(15)16-2/h3-4,6-8H,5H2,1-2H3. The maximum Gasteiger partial charge on any atom is 0.309 e. The summed E-state index contributed by atoms with van der Waals surface area (Å²) in [7, 11) is 1.35. The molecule has 0 atom stereocenters. The lowest BCUT2D eigenvalue weighted by atomic mass is 10.0. The van der Waals surface area contributed by atoms with E-state index in [0.29, 0.717) is 5.56 Å². The average Bonchev–Trinajstić information content (AvgIpc) is 2.29. The smallest absolute Gasteiger partial charge is 0.309 e. The molecule has 0 aromatic heterocycles. The Morgan fingerprint density at radius 1 is 1.56 bits per heavy atom. The third-order valence-corrected chi connectivity index (χ3v) is 2.14. The largest absolute Gasteiger partial charge is 0.469 e. The number of esters is 1. The molecular weight excluding hydrogens is 202 g/mol. The first-order chi connectivity index (χ1) is 7.67. The number of methoxy groups -OCH3 is 1. The van der Waals surface area contributed by atoms with E-state index in [0.717, 1.165) is 11.1 Å². The molecule has 82 valence electrons. The van der Waals surface area contributed by atoms with Crippen molar-refractivity contribution >= 4 is 12.0 Å². The third kappa shape index (κ3) is 3.25. The molecule has 0 saturated heterocycles. The van der Waals surface area contributed by atoms with Gasteiger partial charge in [0.25, 0.3) is 0 Å². The van der Waals surface area contributed by atoms with Crippen molar-refractivity contribution in [2.75, 3.05) is 7.11 Å². The van der Waals surface area contributed by atoms with Gasteiger partial charge in [0.1, 0.15) is 0 Å². The Labute approximate surface area is 95.0 Å². The summed E-state index contributed by atoms with van der Waals surface area (Å²) in [6.07, 6.45) is 3.68. The van der Waals surface area contributed by atoms with Crippen LogP contribution in [0.15, 0.2) is 24.3 Å². The lowest BCUT2D eigenvalue weighted by Crippen LogP contribution is -1.96. The Balaban J connectivity index is 2.84. The van der Waals surface area contributed by atoms with Gasteiger partial charge in [0.15, 0.2) is 0 Å². The van der Waals surface area contributed by atoms with Crippen LogP contribution in [0.1, 0.15) is 23.1 Å². The molecule has 0 N–H and O–H groups in total. The topological polar surface area (TPSA) is 50.1 Å².